The van der Waals surface area contributed by atoms with Gasteiger partial charge in [-0.15, -0.1) is 0 Å². The summed E-state index contributed by atoms with van der Waals surface area (Å²) in [6.07, 6.45) is 3.61. The largest absolute Gasteiger partial charge is 0.493 e. The minimum Gasteiger partial charge on any atom is -0.493 e. The highest BCUT2D eigenvalue weighted by Gasteiger charge is 2.09. The van der Waals surface area contributed by atoms with Crippen LogP contribution >= 0.6 is 11.6 Å². The molecule has 0 aliphatic heterocycles. The Hall–Kier alpha value is -3.05. The number of aromatic nitrogens is 3. The van der Waals surface area contributed by atoms with E-state index in [1.54, 1.807) is 20.4 Å². The fourth-order valence-electron chi connectivity index (χ4n) is 3.07. The molecule has 27 heavy (non-hydrogen) atoms. The van der Waals surface area contributed by atoms with Crippen molar-refractivity contribution in [2.75, 3.05) is 14.2 Å². The number of pyridine rings is 1. The van der Waals surface area contributed by atoms with E-state index >= 15 is 0 Å². The van der Waals surface area contributed by atoms with Gasteiger partial charge in [0.1, 0.15) is 5.52 Å². The first-order chi connectivity index (χ1) is 13.2. The van der Waals surface area contributed by atoms with Gasteiger partial charge in [0.25, 0.3) is 0 Å². The topological polar surface area (TPSA) is 49.2 Å². The highest BCUT2D eigenvalue weighted by molar-refractivity contribution is 6.30. The molecule has 6 heteroatoms. The van der Waals surface area contributed by atoms with Crippen LogP contribution < -0.4 is 9.47 Å². The average Bonchev–Trinajstić information content (AvgIpc) is 3.10. The fraction of sp³-hybridized carbons (Fsp3) is 0.143. The van der Waals surface area contributed by atoms with Crippen LogP contribution in [0.15, 0.2) is 61.1 Å². The average molecular weight is 380 g/mol. The summed E-state index contributed by atoms with van der Waals surface area (Å²) in [4.78, 5) is 8.98. The van der Waals surface area contributed by atoms with Gasteiger partial charge < -0.3 is 14.0 Å². The molecule has 0 aliphatic rings. The number of imidazole rings is 1. The SMILES string of the molecule is COc1ccc(Cn2cnc3cnc(-c4cccc(Cl)c4)cc32)cc1OC. The number of nitrogens with zero attached hydrogens (tertiary/aromatic N) is 3. The Morgan fingerprint density at radius 2 is 1.81 bits per heavy atom. The number of fused-ring (bicyclic) bond motifs is 1. The van der Waals surface area contributed by atoms with Crippen molar-refractivity contribution in [2.45, 2.75) is 6.54 Å². The Bertz CT molecular complexity index is 1110. The number of ether oxygens (including phenoxy) is 2. The molecule has 0 aliphatic carbocycles. The van der Waals surface area contributed by atoms with Crippen LogP contribution in [0, 0.1) is 0 Å². The van der Waals surface area contributed by atoms with Crippen molar-refractivity contribution in [1.82, 2.24) is 14.5 Å². The van der Waals surface area contributed by atoms with Gasteiger partial charge in [-0.2, -0.15) is 0 Å². The van der Waals surface area contributed by atoms with Crippen LogP contribution in [-0.2, 0) is 6.54 Å². The molecule has 0 saturated carbocycles. The number of hydrogen-bond acceptors (Lipinski definition) is 4. The molecule has 2 aromatic carbocycles. The van der Waals surface area contributed by atoms with Crippen molar-refractivity contribution in [3.05, 3.63) is 71.6 Å². The maximum absolute atomic E-state index is 6.12. The lowest BCUT2D eigenvalue weighted by Gasteiger charge is -2.11. The molecule has 0 spiro atoms. The third-order valence-electron chi connectivity index (χ3n) is 4.43. The number of hydrogen-bond donors (Lipinski definition) is 0. The lowest BCUT2D eigenvalue weighted by atomic mass is 10.1. The van der Waals surface area contributed by atoms with Crippen molar-refractivity contribution in [1.29, 1.82) is 0 Å². The zero-order valence-corrected chi connectivity index (χ0v) is 15.8. The van der Waals surface area contributed by atoms with Crippen LogP contribution in [0.4, 0.5) is 0 Å². The Morgan fingerprint density at radius 1 is 0.963 bits per heavy atom. The molecule has 2 aromatic heterocycles. The summed E-state index contributed by atoms with van der Waals surface area (Å²) in [6.45, 7) is 0.663. The van der Waals surface area contributed by atoms with Crippen LogP contribution in [0.25, 0.3) is 22.3 Å². The minimum absolute atomic E-state index is 0.663. The lowest BCUT2D eigenvalue weighted by Crippen LogP contribution is -2.00. The van der Waals surface area contributed by atoms with E-state index in [2.05, 4.69) is 14.5 Å². The molecule has 2 heterocycles. The second-order valence-electron chi connectivity index (χ2n) is 6.13. The molecule has 0 bridgehead atoms. The molecular weight excluding hydrogens is 362 g/mol. The normalized spacial score (nSPS) is 10.9. The van der Waals surface area contributed by atoms with E-state index < -0.39 is 0 Å². The number of halogens is 1. The van der Waals surface area contributed by atoms with E-state index in [-0.39, 0.29) is 0 Å². The van der Waals surface area contributed by atoms with Crippen molar-refractivity contribution < 1.29 is 9.47 Å². The quantitative estimate of drug-likeness (QED) is 0.499. The summed E-state index contributed by atoms with van der Waals surface area (Å²) >= 11 is 6.12. The number of benzene rings is 2. The monoisotopic (exact) mass is 379 g/mol. The van der Waals surface area contributed by atoms with E-state index in [1.807, 2.05) is 54.9 Å². The molecule has 0 radical (unpaired) electrons. The van der Waals surface area contributed by atoms with Crippen LogP contribution in [0.5, 0.6) is 11.5 Å². The first-order valence-electron chi connectivity index (χ1n) is 8.45. The first-order valence-corrected chi connectivity index (χ1v) is 8.83. The highest BCUT2D eigenvalue weighted by atomic mass is 35.5. The Morgan fingerprint density at radius 3 is 2.59 bits per heavy atom. The summed E-state index contributed by atoms with van der Waals surface area (Å²) in [7, 11) is 3.27. The highest BCUT2D eigenvalue weighted by Crippen LogP contribution is 2.29. The standard InChI is InChI=1S/C21H18ClN3O2/c1-26-20-7-6-14(8-21(20)27-2)12-25-13-24-18-11-23-17(10-19(18)25)15-4-3-5-16(22)9-15/h3-11,13H,12H2,1-2H3. The first kappa shape index (κ1) is 17.4. The molecule has 0 fully saturated rings. The molecule has 0 atom stereocenters. The van der Waals surface area contributed by atoms with E-state index in [0.717, 1.165) is 27.9 Å². The van der Waals surface area contributed by atoms with Crippen LogP contribution in [0.2, 0.25) is 5.02 Å². The Balaban J connectivity index is 1.71. The molecule has 4 aromatic rings. The van der Waals surface area contributed by atoms with Crippen LogP contribution in [0.3, 0.4) is 0 Å². The van der Waals surface area contributed by atoms with Crippen molar-refractivity contribution >= 4 is 22.6 Å². The fourth-order valence-corrected chi connectivity index (χ4v) is 3.26. The van der Waals surface area contributed by atoms with E-state index in [0.29, 0.717) is 23.1 Å². The summed E-state index contributed by atoms with van der Waals surface area (Å²) in [6, 6.07) is 15.6. The van der Waals surface area contributed by atoms with Crippen LogP contribution in [0.1, 0.15) is 5.56 Å². The summed E-state index contributed by atoms with van der Waals surface area (Å²) in [5.41, 5.74) is 4.78. The molecule has 5 nitrogen and oxygen atoms in total. The van der Waals surface area contributed by atoms with E-state index in [9.17, 15) is 0 Å². The van der Waals surface area contributed by atoms with E-state index in [4.69, 9.17) is 21.1 Å². The second kappa shape index (κ2) is 7.29. The third kappa shape index (κ3) is 3.46. The van der Waals surface area contributed by atoms with Gasteiger partial charge in [-0.3, -0.25) is 4.98 Å². The molecule has 0 N–H and O–H groups in total. The predicted molar refractivity (Wildman–Crippen MR) is 107 cm³/mol. The van der Waals surface area contributed by atoms with Gasteiger partial charge in [0.15, 0.2) is 11.5 Å². The molecule has 4 rings (SSSR count). The number of rotatable bonds is 5. The van der Waals surface area contributed by atoms with Gasteiger partial charge in [-0.1, -0.05) is 29.8 Å². The van der Waals surface area contributed by atoms with Gasteiger partial charge in [0.2, 0.25) is 0 Å². The zero-order valence-electron chi connectivity index (χ0n) is 15.0. The smallest absolute Gasteiger partial charge is 0.161 e. The molecule has 0 unspecified atom stereocenters. The molecule has 0 saturated heterocycles. The van der Waals surface area contributed by atoms with Crippen molar-refractivity contribution in [3.63, 3.8) is 0 Å². The van der Waals surface area contributed by atoms with Crippen LogP contribution in [-0.4, -0.2) is 28.8 Å². The molecular formula is C21H18ClN3O2. The lowest BCUT2D eigenvalue weighted by molar-refractivity contribution is 0.354. The van der Waals surface area contributed by atoms with Crippen molar-refractivity contribution in [2.24, 2.45) is 0 Å². The Kier molecular flexibility index (Phi) is 4.69. The van der Waals surface area contributed by atoms with Gasteiger partial charge in [0.05, 0.1) is 38.0 Å². The molecule has 0 amide bonds. The van der Waals surface area contributed by atoms with Gasteiger partial charge >= 0.3 is 0 Å². The Labute approximate surface area is 162 Å². The van der Waals surface area contributed by atoms with E-state index in [1.165, 1.54) is 0 Å². The third-order valence-corrected chi connectivity index (χ3v) is 4.66. The van der Waals surface area contributed by atoms with Gasteiger partial charge in [0, 0.05) is 17.1 Å². The van der Waals surface area contributed by atoms with Crippen molar-refractivity contribution in [3.8, 4) is 22.8 Å². The predicted octanol–water partition coefficient (Wildman–Crippen LogP) is 4.82. The summed E-state index contributed by atoms with van der Waals surface area (Å²) in [5, 5.41) is 0.688. The second-order valence-corrected chi connectivity index (χ2v) is 6.57. The summed E-state index contributed by atoms with van der Waals surface area (Å²) in [5.74, 6) is 1.42. The number of methoxy groups -OCH3 is 2. The van der Waals surface area contributed by atoms with Gasteiger partial charge in [-0.05, 0) is 35.9 Å². The zero-order chi connectivity index (χ0) is 18.8. The maximum atomic E-state index is 6.12. The maximum Gasteiger partial charge on any atom is 0.161 e. The minimum atomic E-state index is 0.663. The summed E-state index contributed by atoms with van der Waals surface area (Å²) < 4.78 is 12.8. The van der Waals surface area contributed by atoms with Gasteiger partial charge in [-0.25, -0.2) is 4.98 Å². The molecule has 136 valence electrons.